The number of sulfone groups is 1. The summed E-state index contributed by atoms with van der Waals surface area (Å²) >= 11 is 0. The Morgan fingerprint density at radius 3 is 2.55 bits per heavy atom. The van der Waals surface area contributed by atoms with Crippen molar-refractivity contribution in [1.82, 2.24) is 4.90 Å². The highest BCUT2D eigenvalue weighted by Gasteiger charge is 2.39. The second kappa shape index (κ2) is 5.25. The van der Waals surface area contributed by atoms with Crippen LogP contribution in [0.25, 0.3) is 0 Å². The van der Waals surface area contributed by atoms with Crippen LogP contribution in [0.15, 0.2) is 29.2 Å². The van der Waals surface area contributed by atoms with E-state index in [1.54, 1.807) is 26.2 Å². The maximum absolute atomic E-state index is 12.4. The molecule has 0 aromatic heterocycles. The van der Waals surface area contributed by atoms with Crippen LogP contribution in [0, 0.1) is 17.2 Å². The lowest BCUT2D eigenvalue weighted by atomic mass is 9.86. The molecule has 0 saturated heterocycles. The topological polar surface area (TPSA) is 78.2 Å². The first-order valence-electron chi connectivity index (χ1n) is 6.31. The van der Waals surface area contributed by atoms with Gasteiger partial charge in [0.1, 0.15) is 0 Å². The van der Waals surface area contributed by atoms with E-state index >= 15 is 0 Å². The van der Waals surface area contributed by atoms with Gasteiger partial charge >= 0.3 is 0 Å². The van der Waals surface area contributed by atoms with Crippen molar-refractivity contribution in [3.8, 4) is 6.07 Å². The van der Waals surface area contributed by atoms with Crippen molar-refractivity contribution in [2.45, 2.75) is 23.0 Å². The molecule has 0 N–H and O–H groups in total. The molecule has 0 heterocycles. The predicted octanol–water partition coefficient (Wildman–Crippen LogP) is 1.46. The quantitative estimate of drug-likeness (QED) is 0.845. The number of nitriles is 1. The monoisotopic (exact) mass is 292 g/mol. The average molecular weight is 292 g/mol. The van der Waals surface area contributed by atoms with Gasteiger partial charge in [-0.15, -0.1) is 0 Å². The van der Waals surface area contributed by atoms with E-state index in [-0.39, 0.29) is 16.7 Å². The highest BCUT2D eigenvalue weighted by Crippen LogP contribution is 2.35. The normalized spacial score (nSPS) is 21.6. The van der Waals surface area contributed by atoms with Crippen LogP contribution in [0.1, 0.15) is 23.2 Å². The second-order valence-corrected chi connectivity index (χ2v) is 7.42. The third kappa shape index (κ3) is 2.54. The molecular formula is C14H16N2O3S. The first kappa shape index (κ1) is 14.5. The molecule has 2 rings (SSSR count). The fourth-order valence-corrected chi connectivity index (χ4v) is 4.10. The Morgan fingerprint density at radius 2 is 2.00 bits per heavy atom. The van der Waals surface area contributed by atoms with Crippen molar-refractivity contribution in [1.29, 1.82) is 5.26 Å². The minimum atomic E-state index is -3.45. The van der Waals surface area contributed by atoms with Gasteiger partial charge < -0.3 is 4.90 Å². The molecule has 106 valence electrons. The van der Waals surface area contributed by atoms with Crippen molar-refractivity contribution < 1.29 is 13.2 Å². The number of carbonyl (C=O) groups excluding carboxylic acids is 1. The molecule has 0 spiro atoms. The largest absolute Gasteiger partial charge is 0.345 e. The van der Waals surface area contributed by atoms with Crippen LogP contribution in [0.5, 0.6) is 0 Å². The summed E-state index contributed by atoms with van der Waals surface area (Å²) < 4.78 is 24.8. The van der Waals surface area contributed by atoms with Gasteiger partial charge in [0.25, 0.3) is 5.91 Å². The Bertz CT molecular complexity index is 668. The van der Waals surface area contributed by atoms with Gasteiger partial charge in [-0.25, -0.2) is 8.42 Å². The number of nitrogens with zero attached hydrogens (tertiary/aromatic N) is 2. The van der Waals surface area contributed by atoms with Crippen LogP contribution in [-0.4, -0.2) is 38.6 Å². The third-order valence-corrected chi connectivity index (χ3v) is 5.71. The van der Waals surface area contributed by atoms with Crippen LogP contribution in [0.4, 0.5) is 0 Å². The van der Waals surface area contributed by atoms with E-state index in [2.05, 4.69) is 6.07 Å². The zero-order valence-electron chi connectivity index (χ0n) is 11.4. The Hall–Kier alpha value is -1.87. The molecule has 1 fully saturated rings. The van der Waals surface area contributed by atoms with Crippen LogP contribution >= 0.6 is 0 Å². The van der Waals surface area contributed by atoms with Gasteiger partial charge in [-0.05, 0) is 31.0 Å². The molecule has 1 amide bonds. The van der Waals surface area contributed by atoms with Crippen molar-refractivity contribution >= 4 is 15.7 Å². The van der Waals surface area contributed by atoms with Crippen LogP contribution < -0.4 is 0 Å². The first-order chi connectivity index (χ1) is 9.36. The highest BCUT2D eigenvalue weighted by molar-refractivity contribution is 7.92. The van der Waals surface area contributed by atoms with Gasteiger partial charge in [0.05, 0.1) is 16.2 Å². The lowest BCUT2D eigenvalue weighted by molar-refractivity contribution is 0.0827. The SMILES string of the molecule is CN(C)C(=O)c1cccc(S(=O)(=O)[C@H]2C[C@H](C#N)C2)c1. The molecule has 20 heavy (non-hydrogen) atoms. The standard InChI is InChI=1S/C14H16N2O3S/c1-16(2)14(17)11-4-3-5-12(8-11)20(18,19)13-6-10(7-13)9-15/h3-5,8,10,13H,6-7H2,1-2H3/t10-,13-. The van der Waals surface area contributed by atoms with Gasteiger partial charge in [-0.2, -0.15) is 5.26 Å². The van der Waals surface area contributed by atoms with Crippen molar-refractivity contribution in [2.75, 3.05) is 14.1 Å². The van der Waals surface area contributed by atoms with Gasteiger partial charge in [-0.3, -0.25) is 4.79 Å². The molecule has 0 bridgehead atoms. The van der Waals surface area contributed by atoms with Gasteiger partial charge in [-0.1, -0.05) is 6.07 Å². The van der Waals surface area contributed by atoms with Crippen molar-refractivity contribution in [3.05, 3.63) is 29.8 Å². The average Bonchev–Trinajstić information content (AvgIpc) is 2.36. The molecule has 6 heteroatoms. The summed E-state index contributed by atoms with van der Waals surface area (Å²) in [5.74, 6) is -0.396. The maximum atomic E-state index is 12.4. The van der Waals surface area contributed by atoms with Gasteiger partial charge in [0.2, 0.25) is 0 Å². The van der Waals surface area contributed by atoms with Crippen LogP contribution in [-0.2, 0) is 9.84 Å². The number of amides is 1. The molecule has 0 aliphatic heterocycles. The van der Waals surface area contributed by atoms with Crippen LogP contribution in [0.3, 0.4) is 0 Å². The van der Waals surface area contributed by atoms with E-state index < -0.39 is 15.1 Å². The molecule has 1 aromatic carbocycles. The smallest absolute Gasteiger partial charge is 0.253 e. The summed E-state index contributed by atoms with van der Waals surface area (Å²) in [6.45, 7) is 0. The van der Waals surface area contributed by atoms with E-state index in [0.717, 1.165) is 0 Å². The van der Waals surface area contributed by atoms with E-state index in [1.807, 2.05) is 0 Å². The van der Waals surface area contributed by atoms with E-state index in [0.29, 0.717) is 18.4 Å². The zero-order valence-corrected chi connectivity index (χ0v) is 12.2. The van der Waals surface area contributed by atoms with Crippen molar-refractivity contribution in [3.63, 3.8) is 0 Å². The van der Waals surface area contributed by atoms with Gasteiger partial charge in [0, 0.05) is 25.6 Å². The number of hydrogen-bond acceptors (Lipinski definition) is 4. The summed E-state index contributed by atoms with van der Waals surface area (Å²) in [5, 5.41) is 8.22. The summed E-state index contributed by atoms with van der Waals surface area (Å²) in [6, 6.07) is 8.16. The number of hydrogen-bond donors (Lipinski definition) is 0. The Labute approximate surface area is 118 Å². The third-order valence-electron chi connectivity index (χ3n) is 3.53. The molecule has 0 radical (unpaired) electrons. The molecule has 1 saturated carbocycles. The maximum Gasteiger partial charge on any atom is 0.253 e. The predicted molar refractivity (Wildman–Crippen MR) is 73.8 cm³/mol. The fourth-order valence-electron chi connectivity index (χ4n) is 2.18. The molecule has 1 aromatic rings. The fraction of sp³-hybridized carbons (Fsp3) is 0.429. The summed E-state index contributed by atoms with van der Waals surface area (Å²) in [5.41, 5.74) is 0.354. The van der Waals surface area contributed by atoms with E-state index in [1.165, 1.54) is 17.0 Å². The Morgan fingerprint density at radius 1 is 1.35 bits per heavy atom. The number of carbonyl (C=O) groups is 1. The Balaban J connectivity index is 2.28. The highest BCUT2D eigenvalue weighted by atomic mass is 32.2. The molecule has 1 aliphatic carbocycles. The first-order valence-corrected chi connectivity index (χ1v) is 7.86. The van der Waals surface area contributed by atoms with Crippen LogP contribution in [0.2, 0.25) is 0 Å². The van der Waals surface area contributed by atoms with E-state index in [9.17, 15) is 13.2 Å². The summed E-state index contributed by atoms with van der Waals surface area (Å²) in [4.78, 5) is 13.4. The lowest BCUT2D eigenvalue weighted by Gasteiger charge is -2.30. The molecular weight excluding hydrogens is 276 g/mol. The second-order valence-electron chi connectivity index (χ2n) is 5.19. The number of benzene rings is 1. The zero-order chi connectivity index (χ0) is 14.9. The molecule has 1 aliphatic rings. The molecule has 0 unspecified atom stereocenters. The molecule has 5 nitrogen and oxygen atoms in total. The minimum absolute atomic E-state index is 0.159. The summed E-state index contributed by atoms with van der Waals surface area (Å²) in [6.07, 6.45) is 0.759. The lowest BCUT2D eigenvalue weighted by Crippen LogP contribution is -2.35. The minimum Gasteiger partial charge on any atom is -0.345 e. The number of rotatable bonds is 3. The Kier molecular flexibility index (Phi) is 3.82. The molecule has 0 atom stereocenters. The van der Waals surface area contributed by atoms with E-state index in [4.69, 9.17) is 5.26 Å². The van der Waals surface area contributed by atoms with Gasteiger partial charge in [0.15, 0.2) is 9.84 Å². The summed E-state index contributed by atoms with van der Waals surface area (Å²) in [7, 11) is -0.213. The van der Waals surface area contributed by atoms with Crippen molar-refractivity contribution in [2.24, 2.45) is 5.92 Å².